The Bertz CT molecular complexity index is 1330. The first-order valence-corrected chi connectivity index (χ1v) is 9.04. The van der Waals surface area contributed by atoms with Crippen molar-refractivity contribution >= 4 is 23.8 Å². The molecule has 2 aromatic carbocycles. The van der Waals surface area contributed by atoms with E-state index in [1.807, 2.05) is 13.8 Å². The van der Waals surface area contributed by atoms with Crippen LogP contribution in [0, 0.1) is 35.3 Å². The molecule has 3 rings (SSSR count). The van der Waals surface area contributed by atoms with E-state index in [-0.39, 0.29) is 16.8 Å². The molecule has 0 saturated heterocycles. The van der Waals surface area contributed by atoms with Crippen LogP contribution in [0.1, 0.15) is 38.3 Å². The predicted molar refractivity (Wildman–Crippen MR) is 113 cm³/mol. The van der Waals surface area contributed by atoms with E-state index < -0.39 is 22.1 Å². The van der Waals surface area contributed by atoms with Crippen molar-refractivity contribution in [3.8, 4) is 11.8 Å². The summed E-state index contributed by atoms with van der Waals surface area (Å²) in [5.41, 5.74) is 0.900. The Morgan fingerprint density at radius 3 is 2.39 bits per heavy atom. The molecule has 0 aliphatic carbocycles. The molecule has 0 radical (unpaired) electrons. The fourth-order valence-corrected chi connectivity index (χ4v) is 2.89. The Labute approximate surface area is 176 Å². The number of carboxylic acids is 1. The van der Waals surface area contributed by atoms with E-state index in [1.165, 1.54) is 36.4 Å². The van der Waals surface area contributed by atoms with Crippen molar-refractivity contribution in [3.05, 3.63) is 96.4 Å². The molecule has 0 aliphatic heterocycles. The van der Waals surface area contributed by atoms with Crippen molar-refractivity contribution in [1.29, 1.82) is 5.26 Å². The number of nitrogens with zero attached hydrogens (tertiary/aromatic N) is 4. The molecule has 0 amide bonds. The number of non-ortho nitro benzene ring substituents is 1. The van der Waals surface area contributed by atoms with Crippen LogP contribution in [0.15, 0.2) is 47.3 Å². The molecule has 0 atom stereocenters. The second kappa shape index (κ2) is 8.42. The summed E-state index contributed by atoms with van der Waals surface area (Å²) in [6.45, 7) is 3.74. The van der Waals surface area contributed by atoms with E-state index in [9.17, 15) is 30.1 Å². The molecule has 0 fully saturated rings. The zero-order valence-corrected chi connectivity index (χ0v) is 16.6. The molecule has 3 aromatic rings. The van der Waals surface area contributed by atoms with Crippen LogP contribution < -0.4 is 5.56 Å². The quantitative estimate of drug-likeness (QED) is 0.496. The van der Waals surface area contributed by atoms with E-state index in [2.05, 4.69) is 5.10 Å². The fourth-order valence-electron chi connectivity index (χ4n) is 2.89. The lowest BCUT2D eigenvalue weighted by Gasteiger charge is -2.11. The van der Waals surface area contributed by atoms with Crippen molar-refractivity contribution in [2.24, 2.45) is 0 Å². The van der Waals surface area contributed by atoms with Crippen LogP contribution in [0.5, 0.6) is 0 Å². The minimum Gasteiger partial charge on any atom is -0.476 e. The summed E-state index contributed by atoms with van der Waals surface area (Å²) in [6.07, 6.45) is 2.75. The van der Waals surface area contributed by atoms with E-state index in [0.29, 0.717) is 11.3 Å². The van der Waals surface area contributed by atoms with Gasteiger partial charge >= 0.3 is 5.97 Å². The van der Waals surface area contributed by atoms with Gasteiger partial charge in [-0.15, -0.1) is 0 Å². The molecule has 1 N–H and O–H groups in total. The second-order valence-corrected chi connectivity index (χ2v) is 6.72. The standard InChI is InChI=1S/C22H16N4O5/c1-13-3-7-17(11-14(13)2)25-21(27)19(12-23)18(20(24-25)22(28)29)10-6-15-4-8-16(9-5-15)26(30)31/h3-11H,1-2H3,(H,28,29)/b10-6-. The molecule has 9 nitrogen and oxygen atoms in total. The summed E-state index contributed by atoms with van der Waals surface area (Å²) < 4.78 is 0.900. The minimum absolute atomic E-state index is 0.0984. The highest BCUT2D eigenvalue weighted by atomic mass is 16.6. The minimum atomic E-state index is -1.41. The van der Waals surface area contributed by atoms with Crippen molar-refractivity contribution in [3.63, 3.8) is 0 Å². The molecular weight excluding hydrogens is 400 g/mol. The van der Waals surface area contributed by atoms with Crippen LogP contribution in [0.3, 0.4) is 0 Å². The normalized spacial score (nSPS) is 10.7. The van der Waals surface area contributed by atoms with Gasteiger partial charge in [-0.2, -0.15) is 15.0 Å². The van der Waals surface area contributed by atoms with Gasteiger partial charge in [0.25, 0.3) is 11.2 Å². The average molecular weight is 416 g/mol. The molecule has 31 heavy (non-hydrogen) atoms. The lowest BCUT2D eigenvalue weighted by molar-refractivity contribution is -0.384. The van der Waals surface area contributed by atoms with Gasteiger partial charge in [-0.1, -0.05) is 18.2 Å². The first kappa shape index (κ1) is 21.1. The lowest BCUT2D eigenvalue weighted by Crippen LogP contribution is -2.28. The zero-order chi connectivity index (χ0) is 22.7. The molecule has 0 unspecified atom stereocenters. The number of nitro groups is 1. The number of aromatic nitrogens is 2. The van der Waals surface area contributed by atoms with Gasteiger partial charge in [-0.25, -0.2) is 4.79 Å². The summed E-state index contributed by atoms with van der Waals surface area (Å²) in [4.78, 5) is 35.0. The second-order valence-electron chi connectivity index (χ2n) is 6.72. The van der Waals surface area contributed by atoms with Gasteiger partial charge in [-0.05, 0) is 54.8 Å². The van der Waals surface area contributed by atoms with Gasteiger partial charge in [0, 0.05) is 17.7 Å². The van der Waals surface area contributed by atoms with Gasteiger partial charge in [0.15, 0.2) is 5.69 Å². The van der Waals surface area contributed by atoms with E-state index >= 15 is 0 Å². The van der Waals surface area contributed by atoms with Crippen molar-refractivity contribution in [2.75, 3.05) is 0 Å². The van der Waals surface area contributed by atoms with Crippen molar-refractivity contribution in [1.82, 2.24) is 9.78 Å². The lowest BCUT2D eigenvalue weighted by atomic mass is 10.1. The summed E-state index contributed by atoms with van der Waals surface area (Å²) in [5, 5.41) is 34.0. The predicted octanol–water partition coefficient (Wildman–Crippen LogP) is 3.50. The maximum atomic E-state index is 12.9. The molecule has 1 aromatic heterocycles. The van der Waals surface area contributed by atoms with Crippen LogP contribution in [0.4, 0.5) is 5.69 Å². The molecule has 0 spiro atoms. The average Bonchev–Trinajstić information content (AvgIpc) is 2.74. The number of hydrogen-bond acceptors (Lipinski definition) is 6. The number of carboxylic acid groups (broad SMARTS) is 1. The maximum absolute atomic E-state index is 12.9. The third kappa shape index (κ3) is 4.23. The number of nitro benzene ring substituents is 1. The molecule has 0 saturated carbocycles. The van der Waals surface area contributed by atoms with Gasteiger partial charge in [-0.3, -0.25) is 14.9 Å². The number of aryl methyl sites for hydroxylation is 2. The number of nitriles is 1. The zero-order valence-electron chi connectivity index (χ0n) is 16.6. The Morgan fingerprint density at radius 1 is 1.16 bits per heavy atom. The van der Waals surface area contributed by atoms with Gasteiger partial charge < -0.3 is 5.11 Å². The van der Waals surface area contributed by atoms with Crippen LogP contribution in [0.25, 0.3) is 17.8 Å². The Hall–Kier alpha value is -4.58. The molecule has 0 bridgehead atoms. The Morgan fingerprint density at radius 2 is 1.84 bits per heavy atom. The number of carbonyl (C=O) groups is 1. The van der Waals surface area contributed by atoms with E-state index in [4.69, 9.17) is 0 Å². The van der Waals surface area contributed by atoms with Crippen LogP contribution in [-0.2, 0) is 0 Å². The monoisotopic (exact) mass is 416 g/mol. The maximum Gasteiger partial charge on any atom is 0.357 e. The topological polar surface area (TPSA) is 139 Å². The smallest absolute Gasteiger partial charge is 0.357 e. The van der Waals surface area contributed by atoms with Crippen molar-refractivity contribution in [2.45, 2.75) is 13.8 Å². The first-order chi connectivity index (χ1) is 14.7. The van der Waals surface area contributed by atoms with Crippen molar-refractivity contribution < 1.29 is 14.8 Å². The third-order valence-corrected chi connectivity index (χ3v) is 4.73. The summed E-state index contributed by atoms with van der Waals surface area (Å²) >= 11 is 0. The molecule has 154 valence electrons. The summed E-state index contributed by atoms with van der Waals surface area (Å²) in [7, 11) is 0. The van der Waals surface area contributed by atoms with Crippen LogP contribution >= 0.6 is 0 Å². The number of benzene rings is 2. The third-order valence-electron chi connectivity index (χ3n) is 4.73. The Balaban J connectivity index is 2.16. The summed E-state index contributed by atoms with van der Waals surface area (Å²) in [5.74, 6) is -1.41. The first-order valence-electron chi connectivity index (χ1n) is 9.04. The SMILES string of the molecule is Cc1ccc(-n2nc(C(=O)O)c(/C=C\c3ccc([N+](=O)[O-])cc3)c(C#N)c2=O)cc1C. The molecule has 1 heterocycles. The number of aromatic carboxylic acids is 1. The molecule has 0 aliphatic rings. The van der Waals surface area contributed by atoms with Gasteiger partial charge in [0.2, 0.25) is 0 Å². The van der Waals surface area contributed by atoms with E-state index in [1.54, 1.807) is 24.3 Å². The van der Waals surface area contributed by atoms with Crippen LogP contribution in [-0.4, -0.2) is 25.8 Å². The molecule has 9 heteroatoms. The number of hydrogen-bond donors (Lipinski definition) is 1. The molecular formula is C22H16N4O5. The Kier molecular flexibility index (Phi) is 5.74. The van der Waals surface area contributed by atoms with Gasteiger partial charge in [0.1, 0.15) is 11.6 Å². The largest absolute Gasteiger partial charge is 0.476 e. The van der Waals surface area contributed by atoms with Gasteiger partial charge in [0.05, 0.1) is 10.6 Å². The van der Waals surface area contributed by atoms with Crippen LogP contribution in [0.2, 0.25) is 0 Å². The summed E-state index contributed by atoms with van der Waals surface area (Å²) in [6, 6.07) is 12.4. The highest BCUT2D eigenvalue weighted by Crippen LogP contribution is 2.18. The van der Waals surface area contributed by atoms with E-state index in [0.717, 1.165) is 15.8 Å². The highest BCUT2D eigenvalue weighted by Gasteiger charge is 2.21. The number of rotatable bonds is 5. The highest BCUT2D eigenvalue weighted by molar-refractivity contribution is 5.92. The fraction of sp³-hybridized carbons (Fsp3) is 0.0909.